The summed E-state index contributed by atoms with van der Waals surface area (Å²) in [5.41, 5.74) is 1.53. The Morgan fingerprint density at radius 3 is 2.83 bits per heavy atom. The predicted molar refractivity (Wildman–Crippen MR) is 111 cm³/mol. The Morgan fingerprint density at radius 1 is 1.21 bits per heavy atom. The normalized spacial score (nSPS) is 13.6. The third kappa shape index (κ3) is 3.72. The Balaban J connectivity index is 1.62. The lowest BCUT2D eigenvalue weighted by Crippen LogP contribution is -2.31. The van der Waals surface area contributed by atoms with E-state index in [1.54, 1.807) is 48.2 Å². The molecule has 0 radical (unpaired) electrons. The third-order valence-corrected chi connectivity index (χ3v) is 6.38. The van der Waals surface area contributed by atoms with E-state index in [2.05, 4.69) is 10.3 Å². The number of aromatic nitrogens is 2. The van der Waals surface area contributed by atoms with Crippen LogP contribution in [-0.2, 0) is 19.4 Å². The lowest BCUT2D eigenvalue weighted by atomic mass is 10.2. The Hall–Kier alpha value is -2.87. The van der Waals surface area contributed by atoms with Gasteiger partial charge < -0.3 is 14.8 Å². The van der Waals surface area contributed by atoms with Gasteiger partial charge in [0.25, 0.3) is 11.5 Å². The molecule has 1 aromatic carbocycles. The van der Waals surface area contributed by atoms with Crippen molar-refractivity contribution < 1.29 is 14.3 Å². The summed E-state index contributed by atoms with van der Waals surface area (Å²) in [5, 5.41) is 2.81. The summed E-state index contributed by atoms with van der Waals surface area (Å²) in [7, 11) is 3.15. The number of carbonyl (C=O) groups excluding carboxylic acids is 1. The van der Waals surface area contributed by atoms with E-state index >= 15 is 0 Å². The molecular formula is C21H23N3O4S. The maximum absolute atomic E-state index is 13.1. The number of rotatable bonds is 5. The first-order chi connectivity index (χ1) is 14.1. The van der Waals surface area contributed by atoms with Crippen LogP contribution in [0.25, 0.3) is 4.96 Å². The van der Waals surface area contributed by atoms with Gasteiger partial charge in [0.05, 0.1) is 14.2 Å². The number of nitrogens with one attached hydrogen (secondary N) is 1. The van der Waals surface area contributed by atoms with Gasteiger partial charge in [0.15, 0.2) is 4.96 Å². The van der Waals surface area contributed by atoms with Crippen LogP contribution >= 0.6 is 11.3 Å². The number of amides is 1. The maximum Gasteiger partial charge on any atom is 0.271 e. The van der Waals surface area contributed by atoms with Crippen molar-refractivity contribution in [1.29, 1.82) is 0 Å². The van der Waals surface area contributed by atoms with E-state index < -0.39 is 5.91 Å². The molecule has 2 heterocycles. The summed E-state index contributed by atoms with van der Waals surface area (Å²) in [6.45, 7) is 0.211. The van der Waals surface area contributed by atoms with Crippen molar-refractivity contribution in [2.45, 2.75) is 38.6 Å². The number of hydrogen-bond acceptors (Lipinski definition) is 6. The third-order valence-electron chi connectivity index (χ3n) is 5.22. The van der Waals surface area contributed by atoms with Gasteiger partial charge in [-0.2, -0.15) is 0 Å². The highest BCUT2D eigenvalue weighted by atomic mass is 32.1. The topological polar surface area (TPSA) is 81.9 Å². The summed E-state index contributed by atoms with van der Waals surface area (Å²) < 4.78 is 12.2. The largest absolute Gasteiger partial charge is 0.497 e. The molecule has 3 aromatic rings. The van der Waals surface area contributed by atoms with Gasteiger partial charge in [-0.15, -0.1) is 11.3 Å². The number of benzene rings is 1. The highest BCUT2D eigenvalue weighted by Gasteiger charge is 2.21. The molecule has 1 aliphatic carbocycles. The van der Waals surface area contributed by atoms with Crippen molar-refractivity contribution in [1.82, 2.24) is 14.7 Å². The minimum Gasteiger partial charge on any atom is -0.497 e. The minimum absolute atomic E-state index is 0.0502. The number of carbonyl (C=O) groups is 1. The van der Waals surface area contributed by atoms with Gasteiger partial charge in [-0.05, 0) is 43.9 Å². The quantitative estimate of drug-likeness (QED) is 0.651. The molecular weight excluding hydrogens is 390 g/mol. The number of aryl methyl sites for hydroxylation is 2. The average molecular weight is 413 g/mol. The van der Waals surface area contributed by atoms with Crippen LogP contribution in [0.1, 0.15) is 45.8 Å². The molecule has 1 N–H and O–H groups in total. The first kappa shape index (κ1) is 19.4. The average Bonchev–Trinajstić information content (AvgIpc) is 2.94. The molecule has 0 aliphatic heterocycles. The van der Waals surface area contributed by atoms with Gasteiger partial charge in [0, 0.05) is 28.9 Å². The van der Waals surface area contributed by atoms with Crippen molar-refractivity contribution in [3.05, 3.63) is 56.4 Å². The molecule has 0 saturated heterocycles. The van der Waals surface area contributed by atoms with Crippen LogP contribution in [0.2, 0.25) is 0 Å². The molecule has 8 heteroatoms. The van der Waals surface area contributed by atoms with E-state index in [9.17, 15) is 9.59 Å². The van der Waals surface area contributed by atoms with Crippen molar-refractivity contribution in [3.63, 3.8) is 0 Å². The smallest absolute Gasteiger partial charge is 0.271 e. The summed E-state index contributed by atoms with van der Waals surface area (Å²) >= 11 is 1.56. The second-order valence-electron chi connectivity index (χ2n) is 6.99. The van der Waals surface area contributed by atoms with Crippen LogP contribution < -0.4 is 20.3 Å². The molecule has 1 aliphatic rings. The van der Waals surface area contributed by atoms with E-state index in [0.29, 0.717) is 16.5 Å². The monoisotopic (exact) mass is 413 g/mol. The molecule has 152 valence electrons. The van der Waals surface area contributed by atoms with E-state index in [0.717, 1.165) is 43.4 Å². The van der Waals surface area contributed by atoms with Crippen LogP contribution in [0.4, 0.5) is 0 Å². The van der Waals surface area contributed by atoms with Crippen LogP contribution in [0.5, 0.6) is 11.5 Å². The van der Waals surface area contributed by atoms with Crippen LogP contribution in [0, 0.1) is 0 Å². The van der Waals surface area contributed by atoms with Gasteiger partial charge in [-0.25, -0.2) is 4.98 Å². The van der Waals surface area contributed by atoms with Crippen LogP contribution in [0.15, 0.2) is 29.2 Å². The number of hydrogen-bond donors (Lipinski definition) is 1. The number of nitrogens with zero attached hydrogens (tertiary/aromatic N) is 2. The van der Waals surface area contributed by atoms with Gasteiger partial charge in [-0.3, -0.25) is 14.0 Å². The molecule has 0 saturated carbocycles. The first-order valence-electron chi connectivity index (χ1n) is 9.63. The lowest BCUT2D eigenvalue weighted by molar-refractivity contribution is 0.0948. The van der Waals surface area contributed by atoms with Crippen molar-refractivity contribution >= 4 is 22.2 Å². The fourth-order valence-electron chi connectivity index (χ4n) is 3.69. The summed E-state index contributed by atoms with van der Waals surface area (Å²) in [6, 6.07) is 5.37. The van der Waals surface area contributed by atoms with Crippen molar-refractivity contribution in [3.8, 4) is 11.5 Å². The number of methoxy groups -OCH3 is 2. The summed E-state index contributed by atoms with van der Waals surface area (Å²) in [5.74, 6) is 0.856. The molecule has 4 rings (SSSR count). The molecule has 1 amide bonds. The zero-order chi connectivity index (χ0) is 20.4. The van der Waals surface area contributed by atoms with E-state index in [1.807, 2.05) is 0 Å². The molecule has 29 heavy (non-hydrogen) atoms. The summed E-state index contributed by atoms with van der Waals surface area (Å²) in [6.07, 6.45) is 6.55. The van der Waals surface area contributed by atoms with Gasteiger partial charge in [0.2, 0.25) is 0 Å². The predicted octanol–water partition coefficient (Wildman–Crippen LogP) is 2.97. The van der Waals surface area contributed by atoms with Gasteiger partial charge in [-0.1, -0.05) is 6.42 Å². The number of fused-ring (bicyclic) bond motifs is 3. The Kier molecular flexibility index (Phi) is 5.53. The highest BCUT2D eigenvalue weighted by Crippen LogP contribution is 2.27. The lowest BCUT2D eigenvalue weighted by Gasteiger charge is -2.11. The maximum atomic E-state index is 13.1. The Bertz CT molecular complexity index is 1120. The number of ether oxygens (including phenoxy) is 2. The first-order valence-corrected chi connectivity index (χ1v) is 10.5. The van der Waals surface area contributed by atoms with E-state index in [-0.39, 0.29) is 17.7 Å². The molecule has 0 unspecified atom stereocenters. The zero-order valence-electron chi connectivity index (χ0n) is 16.5. The summed E-state index contributed by atoms with van der Waals surface area (Å²) in [4.78, 5) is 32.1. The van der Waals surface area contributed by atoms with E-state index in [1.165, 1.54) is 11.1 Å². The number of thiazole rings is 1. The molecule has 0 spiro atoms. The van der Waals surface area contributed by atoms with Crippen molar-refractivity contribution in [2.75, 3.05) is 14.2 Å². The van der Waals surface area contributed by atoms with Crippen molar-refractivity contribution in [2.24, 2.45) is 0 Å². The second-order valence-corrected chi connectivity index (χ2v) is 8.05. The fraction of sp³-hybridized carbons (Fsp3) is 0.381. The molecule has 0 fully saturated rings. The van der Waals surface area contributed by atoms with Crippen LogP contribution in [-0.4, -0.2) is 29.5 Å². The molecule has 0 atom stereocenters. The minimum atomic E-state index is -0.449. The van der Waals surface area contributed by atoms with Gasteiger partial charge in [0.1, 0.15) is 17.1 Å². The van der Waals surface area contributed by atoms with Gasteiger partial charge >= 0.3 is 0 Å². The zero-order valence-corrected chi connectivity index (χ0v) is 17.3. The molecule has 0 bridgehead atoms. The fourth-order valence-corrected chi connectivity index (χ4v) is 4.86. The second kappa shape index (κ2) is 8.24. The Labute approximate surface area is 172 Å². The van der Waals surface area contributed by atoms with E-state index in [4.69, 9.17) is 9.47 Å². The molecule has 7 nitrogen and oxygen atoms in total. The Morgan fingerprint density at radius 2 is 2.03 bits per heavy atom. The van der Waals surface area contributed by atoms with Crippen LogP contribution in [0.3, 0.4) is 0 Å². The SMILES string of the molecule is COc1ccc(OC)c(CNC(=O)c2cnc3sc4c(n3c2=O)CCCCC4)c1. The standard InChI is InChI=1S/C21H23N3O4S/c1-27-14-8-9-17(28-2)13(10-14)11-22-19(25)15-12-23-21-24(20(15)26)16-6-4-3-5-7-18(16)29-21/h8-10,12H,3-7,11H2,1-2H3,(H,22,25). The molecule has 2 aromatic heterocycles. The highest BCUT2D eigenvalue weighted by molar-refractivity contribution is 7.17.